The number of piperidine rings is 1. The van der Waals surface area contributed by atoms with E-state index in [1.807, 2.05) is 17.8 Å². The van der Waals surface area contributed by atoms with E-state index < -0.39 is 0 Å². The third-order valence-electron chi connectivity index (χ3n) is 4.29. The molecule has 3 N–H and O–H groups in total. The summed E-state index contributed by atoms with van der Waals surface area (Å²) in [6.45, 7) is 7.38. The fraction of sp³-hybridized carbons (Fsp3) is 0.688. The van der Waals surface area contributed by atoms with Crippen molar-refractivity contribution in [3.8, 4) is 0 Å². The first-order chi connectivity index (χ1) is 10.9. The zero-order valence-corrected chi connectivity index (χ0v) is 14.2. The Labute approximate surface area is 137 Å². The van der Waals surface area contributed by atoms with Crippen LogP contribution in [0.3, 0.4) is 0 Å². The van der Waals surface area contributed by atoms with Crippen LogP contribution in [0, 0.1) is 5.92 Å². The first-order valence-corrected chi connectivity index (χ1v) is 8.24. The van der Waals surface area contributed by atoms with Crippen molar-refractivity contribution >= 4 is 11.9 Å². The Balaban J connectivity index is 1.90. The number of primary amides is 1. The van der Waals surface area contributed by atoms with E-state index in [1.165, 1.54) is 0 Å². The van der Waals surface area contributed by atoms with Crippen LogP contribution in [-0.4, -0.2) is 39.7 Å². The molecular weight excluding hydrogens is 294 g/mol. The lowest BCUT2D eigenvalue weighted by molar-refractivity contribution is -0.119. The van der Waals surface area contributed by atoms with Gasteiger partial charge >= 0.3 is 6.03 Å². The van der Waals surface area contributed by atoms with Crippen LogP contribution >= 0.6 is 0 Å². The molecule has 0 unspecified atom stereocenters. The first-order valence-electron chi connectivity index (χ1n) is 8.24. The molecule has 2 atom stereocenters. The van der Waals surface area contributed by atoms with Gasteiger partial charge in [-0.3, -0.25) is 9.48 Å². The number of likely N-dealkylation sites (tertiary alicyclic amines) is 1. The third kappa shape index (κ3) is 4.71. The fourth-order valence-corrected chi connectivity index (χ4v) is 2.92. The van der Waals surface area contributed by atoms with Crippen LogP contribution in [0.2, 0.25) is 0 Å². The lowest BCUT2D eigenvalue weighted by Gasteiger charge is -2.33. The summed E-state index contributed by atoms with van der Waals surface area (Å²) in [6, 6.07) is 0.0961. The lowest BCUT2D eigenvalue weighted by Crippen LogP contribution is -2.46. The summed E-state index contributed by atoms with van der Waals surface area (Å²) in [7, 11) is 0. The summed E-state index contributed by atoms with van der Waals surface area (Å²) in [5, 5.41) is 7.31. The lowest BCUT2D eigenvalue weighted by atomic mass is 9.95. The number of nitrogens with zero attached hydrogens (tertiary/aromatic N) is 3. The van der Waals surface area contributed by atoms with Gasteiger partial charge in [0.15, 0.2) is 0 Å². The van der Waals surface area contributed by atoms with Crippen LogP contribution in [0.1, 0.15) is 57.7 Å². The second kappa shape index (κ2) is 7.48. The molecule has 1 aromatic rings. The van der Waals surface area contributed by atoms with Gasteiger partial charge in [-0.15, -0.1) is 0 Å². The monoisotopic (exact) mass is 321 g/mol. The number of hydrogen-bond acceptors (Lipinski definition) is 3. The summed E-state index contributed by atoms with van der Waals surface area (Å²) in [4.78, 5) is 25.3. The molecule has 7 nitrogen and oxygen atoms in total. The Kier molecular flexibility index (Phi) is 5.63. The van der Waals surface area contributed by atoms with E-state index >= 15 is 0 Å². The number of amides is 3. The topological polar surface area (TPSA) is 93.3 Å². The van der Waals surface area contributed by atoms with Crippen LogP contribution in [-0.2, 0) is 4.79 Å². The maximum atomic E-state index is 12.4. The molecule has 1 aromatic heterocycles. The van der Waals surface area contributed by atoms with E-state index in [9.17, 15) is 9.59 Å². The molecule has 1 aliphatic heterocycles. The zero-order valence-electron chi connectivity index (χ0n) is 14.2. The van der Waals surface area contributed by atoms with Gasteiger partial charge in [0, 0.05) is 37.3 Å². The summed E-state index contributed by atoms with van der Waals surface area (Å²) in [5.41, 5.74) is 6.25. The van der Waals surface area contributed by atoms with E-state index in [0.717, 1.165) is 24.9 Å². The van der Waals surface area contributed by atoms with Gasteiger partial charge in [-0.05, 0) is 39.5 Å². The fourth-order valence-electron chi connectivity index (χ4n) is 2.92. The van der Waals surface area contributed by atoms with E-state index in [1.54, 1.807) is 11.1 Å². The molecule has 3 amide bonds. The van der Waals surface area contributed by atoms with E-state index in [2.05, 4.69) is 24.3 Å². The van der Waals surface area contributed by atoms with E-state index in [-0.39, 0.29) is 23.9 Å². The Morgan fingerprint density at radius 2 is 2.17 bits per heavy atom. The minimum absolute atomic E-state index is 0.0935. The number of aromatic nitrogens is 2. The smallest absolute Gasteiger partial charge is 0.317 e. The molecular formula is C16H27N5O2. The van der Waals surface area contributed by atoms with Gasteiger partial charge in [0.2, 0.25) is 5.91 Å². The van der Waals surface area contributed by atoms with Crippen molar-refractivity contribution in [2.45, 2.75) is 52.1 Å². The largest absolute Gasteiger partial charge is 0.370 e. The number of carbonyl (C=O) groups excluding carboxylic acids is 2. The maximum absolute atomic E-state index is 12.4. The van der Waals surface area contributed by atoms with Gasteiger partial charge in [-0.2, -0.15) is 5.10 Å². The second-order valence-corrected chi connectivity index (χ2v) is 6.64. The Morgan fingerprint density at radius 1 is 1.43 bits per heavy atom. The van der Waals surface area contributed by atoms with Crippen LogP contribution in [0.25, 0.3) is 0 Å². The van der Waals surface area contributed by atoms with Crippen molar-refractivity contribution in [3.05, 3.63) is 18.0 Å². The maximum Gasteiger partial charge on any atom is 0.317 e. The average Bonchev–Trinajstić information content (AvgIpc) is 2.97. The number of carbonyl (C=O) groups is 2. The molecule has 0 aliphatic carbocycles. The van der Waals surface area contributed by atoms with E-state index in [4.69, 9.17) is 5.73 Å². The molecule has 7 heteroatoms. The summed E-state index contributed by atoms with van der Waals surface area (Å²) < 4.78 is 1.88. The molecule has 1 saturated heterocycles. The highest BCUT2D eigenvalue weighted by atomic mass is 16.2. The van der Waals surface area contributed by atoms with Crippen LogP contribution < -0.4 is 11.1 Å². The molecule has 1 aliphatic rings. The predicted octanol–water partition coefficient (Wildman–Crippen LogP) is 1.82. The summed E-state index contributed by atoms with van der Waals surface area (Å²) in [6.07, 6.45) is 5.95. The zero-order chi connectivity index (χ0) is 17.0. The quantitative estimate of drug-likeness (QED) is 0.866. The number of rotatable bonds is 5. The molecule has 1 fully saturated rings. The molecule has 0 spiro atoms. The Bertz CT molecular complexity index is 554. The van der Waals surface area contributed by atoms with Crippen molar-refractivity contribution < 1.29 is 9.59 Å². The highest BCUT2D eigenvalue weighted by Crippen LogP contribution is 2.20. The summed E-state index contributed by atoms with van der Waals surface area (Å²) in [5.74, 6) is -0.127. The van der Waals surface area contributed by atoms with Gasteiger partial charge in [-0.25, -0.2) is 4.79 Å². The minimum atomic E-state index is -0.299. The van der Waals surface area contributed by atoms with E-state index in [0.29, 0.717) is 19.0 Å². The molecule has 128 valence electrons. The third-order valence-corrected chi connectivity index (χ3v) is 4.29. The Hall–Kier alpha value is -2.05. The van der Waals surface area contributed by atoms with Crippen molar-refractivity contribution in [2.75, 3.05) is 13.1 Å². The molecule has 2 rings (SSSR count). The normalized spacial score (nSPS) is 19.7. The van der Waals surface area contributed by atoms with Crippen LogP contribution in [0.15, 0.2) is 12.4 Å². The molecule has 0 bridgehead atoms. The molecule has 23 heavy (non-hydrogen) atoms. The van der Waals surface area contributed by atoms with Crippen molar-refractivity contribution in [2.24, 2.45) is 11.7 Å². The van der Waals surface area contributed by atoms with Crippen LogP contribution in [0.4, 0.5) is 4.79 Å². The number of hydrogen-bond donors (Lipinski definition) is 2. The molecule has 0 aromatic carbocycles. The molecule has 0 saturated carbocycles. The minimum Gasteiger partial charge on any atom is -0.370 e. The second-order valence-electron chi connectivity index (χ2n) is 6.64. The number of nitrogens with two attached hydrogens (primary N) is 1. The summed E-state index contributed by atoms with van der Waals surface area (Å²) >= 11 is 0. The molecule has 0 radical (unpaired) electrons. The highest BCUT2D eigenvalue weighted by Gasteiger charge is 2.25. The van der Waals surface area contributed by atoms with Crippen molar-refractivity contribution in [3.63, 3.8) is 0 Å². The number of urea groups is 1. The average molecular weight is 321 g/mol. The number of nitrogens with one attached hydrogen (secondary N) is 1. The van der Waals surface area contributed by atoms with Gasteiger partial charge in [0.1, 0.15) is 0 Å². The van der Waals surface area contributed by atoms with Gasteiger partial charge < -0.3 is 16.0 Å². The molecule has 2 heterocycles. The van der Waals surface area contributed by atoms with Crippen molar-refractivity contribution in [1.82, 2.24) is 20.0 Å². The first kappa shape index (κ1) is 17.3. The van der Waals surface area contributed by atoms with Gasteiger partial charge in [0.05, 0.1) is 12.2 Å². The van der Waals surface area contributed by atoms with Gasteiger partial charge in [-0.1, -0.05) is 0 Å². The highest BCUT2D eigenvalue weighted by molar-refractivity contribution is 5.76. The standard InChI is InChI=1S/C16H27N5O2/c1-11(2)21-10-14(8-18-21)12(3)19-16(23)20-6-4-5-13(9-20)7-15(17)22/h8,10-13H,4-7,9H2,1-3H3,(H2,17,22)(H,19,23)/t12-,13+/m0/s1. The van der Waals surface area contributed by atoms with Crippen molar-refractivity contribution in [1.29, 1.82) is 0 Å². The SMILES string of the molecule is CC(C)n1cc([C@H](C)NC(=O)N2CCC[C@H](CC(N)=O)C2)cn1. The van der Waals surface area contributed by atoms with Gasteiger partial charge in [0.25, 0.3) is 0 Å². The van der Waals surface area contributed by atoms with Crippen LogP contribution in [0.5, 0.6) is 0 Å². The predicted molar refractivity (Wildman–Crippen MR) is 87.7 cm³/mol. The Morgan fingerprint density at radius 3 is 2.78 bits per heavy atom.